The number of amides is 2. The Kier molecular flexibility index (Phi) is 5.55. The highest BCUT2D eigenvalue weighted by molar-refractivity contribution is 7.14. The first-order valence-electron chi connectivity index (χ1n) is 8.88. The molecule has 0 fully saturated rings. The third kappa shape index (κ3) is 4.29. The molecule has 0 saturated heterocycles. The van der Waals surface area contributed by atoms with Crippen LogP contribution in [-0.4, -0.2) is 23.3 Å². The quantitative estimate of drug-likeness (QED) is 0.477. The molecule has 4 aromatic rings. The van der Waals surface area contributed by atoms with Gasteiger partial charge < -0.3 is 10.6 Å². The maximum Gasteiger partial charge on any atom is 0.253 e. The van der Waals surface area contributed by atoms with E-state index in [2.05, 4.69) is 27.8 Å². The largest absolute Gasteiger partial charge is 0.343 e. The molecule has 0 radical (unpaired) electrons. The van der Waals surface area contributed by atoms with Gasteiger partial charge in [0.15, 0.2) is 5.13 Å². The van der Waals surface area contributed by atoms with Gasteiger partial charge in [0.2, 0.25) is 5.91 Å². The van der Waals surface area contributed by atoms with Crippen molar-refractivity contribution in [3.05, 3.63) is 82.7 Å². The molecule has 0 bridgehead atoms. The number of thiazole rings is 1. The predicted molar refractivity (Wildman–Crippen MR) is 117 cm³/mol. The Morgan fingerprint density at radius 1 is 0.966 bits per heavy atom. The number of fused-ring (bicyclic) bond motifs is 1. The zero-order valence-corrected chi connectivity index (χ0v) is 16.8. The van der Waals surface area contributed by atoms with Gasteiger partial charge in [-0.3, -0.25) is 9.59 Å². The fourth-order valence-corrected chi connectivity index (χ4v) is 3.92. The topological polar surface area (TPSA) is 71.1 Å². The molecule has 4 rings (SSSR count). The second kappa shape index (κ2) is 8.43. The molecular formula is C22H16ClN3O2S. The summed E-state index contributed by atoms with van der Waals surface area (Å²) in [7, 11) is 0. The predicted octanol–water partition coefficient (Wildman–Crippen LogP) is 4.99. The van der Waals surface area contributed by atoms with E-state index < -0.39 is 5.91 Å². The van der Waals surface area contributed by atoms with E-state index in [0.717, 1.165) is 22.0 Å². The van der Waals surface area contributed by atoms with E-state index in [1.54, 1.807) is 24.3 Å². The van der Waals surface area contributed by atoms with Crippen LogP contribution < -0.4 is 10.6 Å². The van der Waals surface area contributed by atoms with E-state index >= 15 is 0 Å². The average molecular weight is 422 g/mol. The standard InChI is InChI=1S/C22H16ClN3O2S/c23-18-11-4-3-9-17(18)21(28)24-12-20(27)26-22-25-19(13-29-22)16-10-5-7-14-6-1-2-8-15(14)16/h1-11,13H,12H2,(H,24,28)(H,25,26,27). The molecule has 29 heavy (non-hydrogen) atoms. The molecule has 2 N–H and O–H groups in total. The van der Waals surface area contributed by atoms with Crippen LogP contribution in [0.2, 0.25) is 5.02 Å². The number of nitrogens with one attached hydrogen (secondary N) is 2. The summed E-state index contributed by atoms with van der Waals surface area (Å²) in [6.45, 7) is -0.173. The minimum Gasteiger partial charge on any atom is -0.343 e. The Bertz CT molecular complexity index is 1200. The Morgan fingerprint density at radius 2 is 1.72 bits per heavy atom. The monoisotopic (exact) mass is 421 g/mol. The third-order valence-electron chi connectivity index (χ3n) is 4.34. The summed E-state index contributed by atoms with van der Waals surface area (Å²) in [5, 5.41) is 10.2. The first-order chi connectivity index (χ1) is 14.1. The van der Waals surface area contributed by atoms with E-state index in [0.29, 0.717) is 15.7 Å². The molecule has 0 atom stereocenters. The smallest absolute Gasteiger partial charge is 0.253 e. The van der Waals surface area contributed by atoms with Crippen molar-refractivity contribution < 1.29 is 9.59 Å². The van der Waals surface area contributed by atoms with Gasteiger partial charge in [-0.15, -0.1) is 11.3 Å². The molecule has 5 nitrogen and oxygen atoms in total. The molecule has 3 aromatic carbocycles. The summed E-state index contributed by atoms with van der Waals surface area (Å²) in [4.78, 5) is 28.9. The first kappa shape index (κ1) is 19.1. The molecule has 1 aromatic heterocycles. The highest BCUT2D eigenvalue weighted by atomic mass is 35.5. The number of carbonyl (C=O) groups excluding carboxylic acids is 2. The van der Waals surface area contributed by atoms with Crippen LogP contribution in [0.3, 0.4) is 0 Å². The zero-order valence-electron chi connectivity index (χ0n) is 15.2. The van der Waals surface area contributed by atoms with Crippen molar-refractivity contribution in [1.82, 2.24) is 10.3 Å². The van der Waals surface area contributed by atoms with Crippen molar-refractivity contribution in [1.29, 1.82) is 0 Å². The molecule has 0 aliphatic heterocycles. The van der Waals surface area contributed by atoms with Crippen LogP contribution in [0, 0.1) is 0 Å². The van der Waals surface area contributed by atoms with Gasteiger partial charge in [0.25, 0.3) is 5.91 Å². The normalized spacial score (nSPS) is 10.7. The van der Waals surface area contributed by atoms with Crippen LogP contribution in [0.25, 0.3) is 22.0 Å². The molecule has 0 unspecified atom stereocenters. The van der Waals surface area contributed by atoms with E-state index in [-0.39, 0.29) is 12.5 Å². The number of carbonyl (C=O) groups is 2. The lowest BCUT2D eigenvalue weighted by Gasteiger charge is -2.06. The van der Waals surface area contributed by atoms with E-state index in [4.69, 9.17) is 11.6 Å². The molecule has 0 aliphatic carbocycles. The van der Waals surface area contributed by atoms with Crippen molar-refractivity contribution in [3.8, 4) is 11.3 Å². The highest BCUT2D eigenvalue weighted by Crippen LogP contribution is 2.30. The molecule has 0 saturated carbocycles. The van der Waals surface area contributed by atoms with Gasteiger partial charge in [0, 0.05) is 10.9 Å². The molecule has 2 amide bonds. The van der Waals surface area contributed by atoms with Crippen LogP contribution >= 0.6 is 22.9 Å². The van der Waals surface area contributed by atoms with E-state index in [9.17, 15) is 9.59 Å². The number of hydrogen-bond acceptors (Lipinski definition) is 4. The maximum absolute atomic E-state index is 12.2. The number of halogens is 1. The Labute approximate surface area is 176 Å². The minimum absolute atomic E-state index is 0.173. The molecule has 144 valence electrons. The Hall–Kier alpha value is -3.22. The molecular weight excluding hydrogens is 406 g/mol. The highest BCUT2D eigenvalue weighted by Gasteiger charge is 2.13. The lowest BCUT2D eigenvalue weighted by atomic mass is 10.0. The van der Waals surface area contributed by atoms with E-state index in [1.807, 2.05) is 35.7 Å². The average Bonchev–Trinajstić information content (AvgIpc) is 3.20. The van der Waals surface area contributed by atoms with Crippen molar-refractivity contribution in [2.24, 2.45) is 0 Å². The first-order valence-corrected chi connectivity index (χ1v) is 10.1. The van der Waals surface area contributed by atoms with Gasteiger partial charge in [-0.25, -0.2) is 4.98 Å². The number of rotatable bonds is 5. The second-order valence-corrected chi connectivity index (χ2v) is 7.54. The van der Waals surface area contributed by atoms with Gasteiger partial charge in [0.1, 0.15) is 0 Å². The van der Waals surface area contributed by atoms with Gasteiger partial charge in [-0.05, 0) is 22.9 Å². The van der Waals surface area contributed by atoms with E-state index in [1.165, 1.54) is 11.3 Å². The molecule has 7 heteroatoms. The van der Waals surface area contributed by atoms with Crippen molar-refractivity contribution in [2.45, 2.75) is 0 Å². The summed E-state index contributed by atoms with van der Waals surface area (Å²) in [5.41, 5.74) is 2.13. The van der Waals surface area contributed by atoms with Crippen molar-refractivity contribution in [2.75, 3.05) is 11.9 Å². The van der Waals surface area contributed by atoms with Crippen molar-refractivity contribution in [3.63, 3.8) is 0 Å². The van der Waals surface area contributed by atoms with Crippen LogP contribution in [0.15, 0.2) is 72.1 Å². The Balaban J connectivity index is 1.42. The van der Waals surface area contributed by atoms with Crippen LogP contribution in [0.1, 0.15) is 10.4 Å². The molecule has 0 aliphatic rings. The number of aromatic nitrogens is 1. The van der Waals surface area contributed by atoms with Crippen molar-refractivity contribution >= 4 is 50.7 Å². The second-order valence-electron chi connectivity index (χ2n) is 6.28. The SMILES string of the molecule is O=C(CNC(=O)c1ccccc1Cl)Nc1nc(-c2cccc3ccccc23)cs1. The van der Waals surface area contributed by atoms with Gasteiger partial charge >= 0.3 is 0 Å². The number of benzene rings is 3. The molecule has 0 spiro atoms. The summed E-state index contributed by atoms with van der Waals surface area (Å²) in [6, 6.07) is 20.8. The molecule has 1 heterocycles. The lowest BCUT2D eigenvalue weighted by molar-refractivity contribution is -0.115. The van der Waals surface area contributed by atoms with Crippen LogP contribution in [0.5, 0.6) is 0 Å². The maximum atomic E-state index is 12.2. The summed E-state index contributed by atoms with van der Waals surface area (Å²) >= 11 is 7.33. The van der Waals surface area contributed by atoms with Gasteiger partial charge in [-0.1, -0.05) is 66.2 Å². The lowest BCUT2D eigenvalue weighted by Crippen LogP contribution is -2.32. The number of anilines is 1. The summed E-state index contributed by atoms with van der Waals surface area (Å²) in [6.07, 6.45) is 0. The third-order valence-corrected chi connectivity index (χ3v) is 5.43. The fraction of sp³-hybridized carbons (Fsp3) is 0.0455. The van der Waals surface area contributed by atoms with Gasteiger partial charge in [0.05, 0.1) is 22.8 Å². The fourth-order valence-electron chi connectivity index (χ4n) is 2.97. The Morgan fingerprint density at radius 3 is 2.59 bits per heavy atom. The minimum atomic E-state index is -0.402. The summed E-state index contributed by atoms with van der Waals surface area (Å²) < 4.78 is 0. The van der Waals surface area contributed by atoms with Crippen LogP contribution in [0.4, 0.5) is 5.13 Å². The van der Waals surface area contributed by atoms with Gasteiger partial charge in [-0.2, -0.15) is 0 Å². The number of nitrogens with zero attached hydrogens (tertiary/aromatic N) is 1. The summed E-state index contributed by atoms with van der Waals surface area (Å²) in [5.74, 6) is -0.759. The van der Waals surface area contributed by atoms with Crippen LogP contribution in [-0.2, 0) is 4.79 Å². The zero-order chi connectivity index (χ0) is 20.2. The number of hydrogen-bond donors (Lipinski definition) is 2.